The molecule has 0 saturated heterocycles. The minimum atomic E-state index is -0.470. The summed E-state index contributed by atoms with van der Waals surface area (Å²) >= 11 is 1.66. The Balaban J connectivity index is 3.59. The van der Waals surface area contributed by atoms with Crippen molar-refractivity contribution in [3.63, 3.8) is 0 Å². The highest BCUT2D eigenvalue weighted by Crippen LogP contribution is 1.98. The molecule has 88 valence electrons. The van der Waals surface area contributed by atoms with E-state index in [4.69, 9.17) is 5.73 Å². The van der Waals surface area contributed by atoms with Crippen molar-refractivity contribution in [1.82, 2.24) is 10.6 Å². The maximum atomic E-state index is 11.3. The summed E-state index contributed by atoms with van der Waals surface area (Å²) in [6, 6.07) is -0.470. The third kappa shape index (κ3) is 7.21. The summed E-state index contributed by atoms with van der Waals surface area (Å²) in [6.07, 6.45) is 2.92. The Hall–Kier alpha value is -0.750. The first-order chi connectivity index (χ1) is 7.11. The van der Waals surface area contributed by atoms with Gasteiger partial charge in [-0.05, 0) is 18.4 Å². The van der Waals surface area contributed by atoms with Crippen LogP contribution in [0.4, 0.5) is 0 Å². The lowest BCUT2D eigenvalue weighted by atomic mass is 10.2. The number of nitrogens with one attached hydrogen (secondary N) is 2. The van der Waals surface area contributed by atoms with E-state index < -0.39 is 6.04 Å². The van der Waals surface area contributed by atoms with Crippen LogP contribution in [-0.2, 0) is 9.59 Å². The lowest BCUT2D eigenvalue weighted by molar-refractivity contribution is -0.123. The molecule has 1 atom stereocenters. The van der Waals surface area contributed by atoms with Crippen molar-refractivity contribution in [2.75, 3.05) is 25.6 Å². The van der Waals surface area contributed by atoms with Crippen LogP contribution in [0.1, 0.15) is 12.8 Å². The van der Waals surface area contributed by atoms with Crippen LogP contribution in [0.15, 0.2) is 0 Å². The number of nitrogens with two attached hydrogens (primary N) is 1. The summed E-state index contributed by atoms with van der Waals surface area (Å²) in [4.78, 5) is 22.2. The minimum absolute atomic E-state index is 0.0898. The summed E-state index contributed by atoms with van der Waals surface area (Å²) < 4.78 is 0. The van der Waals surface area contributed by atoms with Crippen LogP contribution < -0.4 is 16.4 Å². The molecule has 0 aromatic carbocycles. The van der Waals surface area contributed by atoms with Gasteiger partial charge in [0.25, 0.3) is 0 Å². The fraction of sp³-hybridized carbons (Fsp3) is 0.778. The van der Waals surface area contributed by atoms with Crippen molar-refractivity contribution >= 4 is 23.6 Å². The van der Waals surface area contributed by atoms with Crippen molar-refractivity contribution in [2.24, 2.45) is 5.73 Å². The molecule has 0 fully saturated rings. The highest BCUT2D eigenvalue weighted by Gasteiger charge is 2.12. The van der Waals surface area contributed by atoms with Gasteiger partial charge in [0.1, 0.15) is 0 Å². The smallest absolute Gasteiger partial charge is 0.236 e. The van der Waals surface area contributed by atoms with E-state index in [9.17, 15) is 9.59 Å². The molecule has 0 rings (SSSR count). The topological polar surface area (TPSA) is 84.2 Å². The van der Waals surface area contributed by atoms with Crippen LogP contribution >= 0.6 is 11.8 Å². The van der Waals surface area contributed by atoms with Gasteiger partial charge in [0.2, 0.25) is 11.8 Å². The Labute approximate surface area is 94.5 Å². The number of carbonyl (C=O) groups is 2. The molecular weight excluding hydrogens is 214 g/mol. The number of thioether (sulfide) groups is 1. The second-order valence-electron chi connectivity index (χ2n) is 3.10. The second kappa shape index (κ2) is 8.55. The third-order valence-electron chi connectivity index (χ3n) is 1.90. The first kappa shape index (κ1) is 14.2. The number of carbonyl (C=O) groups excluding carboxylic acids is 2. The molecule has 4 N–H and O–H groups in total. The SMILES string of the molecule is CNC(=O)CCNC(=O)[C@@H](N)CCSC. The van der Waals surface area contributed by atoms with Gasteiger partial charge < -0.3 is 16.4 Å². The molecule has 6 heteroatoms. The molecule has 0 unspecified atom stereocenters. The largest absolute Gasteiger partial charge is 0.359 e. The van der Waals surface area contributed by atoms with Crippen molar-refractivity contribution in [1.29, 1.82) is 0 Å². The van der Waals surface area contributed by atoms with Crippen molar-refractivity contribution < 1.29 is 9.59 Å². The molecule has 0 spiro atoms. The maximum absolute atomic E-state index is 11.3. The van der Waals surface area contributed by atoms with Crippen LogP contribution in [-0.4, -0.2) is 43.5 Å². The zero-order valence-corrected chi connectivity index (χ0v) is 10.0. The summed E-state index contributed by atoms with van der Waals surface area (Å²) in [6.45, 7) is 0.339. The Morgan fingerprint density at radius 3 is 2.67 bits per heavy atom. The van der Waals surface area contributed by atoms with E-state index in [-0.39, 0.29) is 18.2 Å². The molecular formula is C9H19N3O2S. The Morgan fingerprint density at radius 1 is 1.47 bits per heavy atom. The zero-order valence-electron chi connectivity index (χ0n) is 9.21. The molecule has 0 aromatic heterocycles. The average molecular weight is 233 g/mol. The summed E-state index contributed by atoms with van der Waals surface area (Å²) in [7, 11) is 1.56. The van der Waals surface area contributed by atoms with E-state index in [1.807, 2.05) is 6.26 Å². The quantitative estimate of drug-likeness (QED) is 0.544. The predicted octanol–water partition coefficient (Wildman–Crippen LogP) is -0.681. The average Bonchev–Trinajstić information content (AvgIpc) is 2.25. The van der Waals surface area contributed by atoms with Crippen LogP contribution in [0.5, 0.6) is 0 Å². The number of amides is 2. The van der Waals surface area contributed by atoms with Gasteiger partial charge in [-0.25, -0.2) is 0 Å². The molecule has 0 aliphatic carbocycles. The number of rotatable bonds is 7. The first-order valence-electron chi connectivity index (χ1n) is 4.84. The van der Waals surface area contributed by atoms with Gasteiger partial charge in [-0.2, -0.15) is 11.8 Å². The first-order valence-corrected chi connectivity index (χ1v) is 6.24. The van der Waals surface area contributed by atoms with Gasteiger partial charge >= 0.3 is 0 Å². The molecule has 0 heterocycles. The van der Waals surface area contributed by atoms with Crippen LogP contribution in [0.3, 0.4) is 0 Å². The van der Waals surface area contributed by atoms with Gasteiger partial charge in [0.05, 0.1) is 6.04 Å². The molecule has 0 bridgehead atoms. The molecule has 0 saturated carbocycles. The zero-order chi connectivity index (χ0) is 11.7. The molecule has 0 radical (unpaired) electrons. The Morgan fingerprint density at radius 2 is 2.13 bits per heavy atom. The molecule has 0 aliphatic heterocycles. The minimum Gasteiger partial charge on any atom is -0.359 e. The third-order valence-corrected chi connectivity index (χ3v) is 2.54. The fourth-order valence-corrected chi connectivity index (χ4v) is 1.42. The van der Waals surface area contributed by atoms with E-state index in [1.54, 1.807) is 18.8 Å². The summed E-state index contributed by atoms with van der Waals surface area (Å²) in [5, 5.41) is 5.10. The van der Waals surface area contributed by atoms with E-state index in [1.165, 1.54) is 0 Å². The van der Waals surface area contributed by atoms with E-state index in [2.05, 4.69) is 10.6 Å². The van der Waals surface area contributed by atoms with Crippen LogP contribution in [0.25, 0.3) is 0 Å². The number of hydrogen-bond donors (Lipinski definition) is 3. The van der Waals surface area contributed by atoms with Gasteiger partial charge in [0.15, 0.2) is 0 Å². The fourth-order valence-electron chi connectivity index (χ4n) is 0.931. The normalized spacial score (nSPS) is 11.9. The maximum Gasteiger partial charge on any atom is 0.236 e. The molecule has 0 aromatic rings. The second-order valence-corrected chi connectivity index (χ2v) is 4.09. The monoisotopic (exact) mass is 233 g/mol. The van der Waals surface area contributed by atoms with Crippen LogP contribution in [0.2, 0.25) is 0 Å². The van der Waals surface area contributed by atoms with E-state index in [0.717, 1.165) is 5.75 Å². The lowest BCUT2D eigenvalue weighted by Gasteiger charge is -2.10. The predicted molar refractivity (Wildman–Crippen MR) is 62.7 cm³/mol. The van der Waals surface area contributed by atoms with Crippen molar-refractivity contribution in [2.45, 2.75) is 18.9 Å². The summed E-state index contributed by atoms with van der Waals surface area (Å²) in [5.41, 5.74) is 5.63. The van der Waals surface area contributed by atoms with E-state index in [0.29, 0.717) is 13.0 Å². The lowest BCUT2D eigenvalue weighted by Crippen LogP contribution is -2.42. The Kier molecular flexibility index (Phi) is 8.12. The molecule has 2 amide bonds. The standard InChI is InChI=1S/C9H19N3O2S/c1-11-8(13)3-5-12-9(14)7(10)4-6-15-2/h7H,3-6,10H2,1-2H3,(H,11,13)(H,12,14)/t7-/m0/s1. The molecule has 15 heavy (non-hydrogen) atoms. The highest BCUT2D eigenvalue weighted by atomic mass is 32.2. The highest BCUT2D eigenvalue weighted by molar-refractivity contribution is 7.98. The van der Waals surface area contributed by atoms with Gasteiger partial charge in [-0.3, -0.25) is 9.59 Å². The summed E-state index contributed by atoms with van der Waals surface area (Å²) in [5.74, 6) is 0.588. The number of hydrogen-bond acceptors (Lipinski definition) is 4. The van der Waals surface area contributed by atoms with Crippen molar-refractivity contribution in [3.05, 3.63) is 0 Å². The van der Waals surface area contributed by atoms with Crippen molar-refractivity contribution in [3.8, 4) is 0 Å². The van der Waals surface area contributed by atoms with Crippen LogP contribution in [0, 0.1) is 0 Å². The molecule has 5 nitrogen and oxygen atoms in total. The van der Waals surface area contributed by atoms with Gasteiger partial charge in [0, 0.05) is 20.0 Å². The van der Waals surface area contributed by atoms with Gasteiger partial charge in [-0.1, -0.05) is 0 Å². The van der Waals surface area contributed by atoms with Gasteiger partial charge in [-0.15, -0.1) is 0 Å². The Bertz CT molecular complexity index is 212. The molecule has 0 aliphatic rings. The van der Waals surface area contributed by atoms with E-state index >= 15 is 0 Å².